The smallest absolute Gasteiger partial charge is 0.269 e. The van der Waals surface area contributed by atoms with Gasteiger partial charge < -0.3 is 0 Å². The van der Waals surface area contributed by atoms with Gasteiger partial charge in [-0.05, 0) is 25.7 Å². The second-order valence-electron chi connectivity index (χ2n) is 3.47. The molecule has 1 atom stereocenters. The van der Waals surface area contributed by atoms with E-state index < -0.39 is 12.1 Å². The second-order valence-corrected chi connectivity index (χ2v) is 3.47. The first-order chi connectivity index (χ1) is 5.68. The van der Waals surface area contributed by atoms with E-state index in [0.717, 1.165) is 12.8 Å². The summed E-state index contributed by atoms with van der Waals surface area (Å²) in [6.07, 6.45) is 0.814. The van der Waals surface area contributed by atoms with E-state index in [9.17, 15) is 9.18 Å². The minimum atomic E-state index is -1.48. The van der Waals surface area contributed by atoms with E-state index in [1.165, 1.54) is 5.01 Å². The summed E-state index contributed by atoms with van der Waals surface area (Å²) in [6, 6.07) is 0. The Balaban J connectivity index is 2.01. The summed E-state index contributed by atoms with van der Waals surface area (Å²) in [5.74, 6) is 0.0789. The van der Waals surface area contributed by atoms with Gasteiger partial charge >= 0.3 is 0 Å². The maximum Gasteiger partial charge on any atom is 0.283 e. The number of hydrazone groups is 1. The van der Waals surface area contributed by atoms with Gasteiger partial charge in [0.05, 0.1) is 5.71 Å². The average Bonchev–Trinajstić information content (AvgIpc) is 2.80. The molecule has 0 aromatic carbocycles. The fourth-order valence-corrected chi connectivity index (χ4v) is 1.28. The summed E-state index contributed by atoms with van der Waals surface area (Å²) in [4.78, 5) is 11.1. The van der Waals surface area contributed by atoms with Crippen molar-refractivity contribution in [1.82, 2.24) is 5.01 Å². The number of nitrogens with zero attached hydrogens (tertiary/aromatic N) is 2. The van der Waals surface area contributed by atoms with Gasteiger partial charge in [0.1, 0.15) is 0 Å². The molecule has 1 saturated carbocycles. The van der Waals surface area contributed by atoms with E-state index >= 15 is 0 Å². The highest BCUT2D eigenvalue weighted by atomic mass is 19.1. The Morgan fingerprint density at radius 3 is 2.75 bits per heavy atom. The third kappa shape index (κ3) is 1.21. The van der Waals surface area contributed by atoms with Gasteiger partial charge in [-0.3, -0.25) is 4.79 Å². The van der Waals surface area contributed by atoms with Gasteiger partial charge in [-0.1, -0.05) is 0 Å². The van der Waals surface area contributed by atoms with Crippen LogP contribution in [-0.4, -0.2) is 29.3 Å². The molecule has 1 unspecified atom stereocenters. The second kappa shape index (κ2) is 2.54. The van der Waals surface area contributed by atoms with Crippen LogP contribution in [-0.2, 0) is 4.79 Å². The summed E-state index contributed by atoms with van der Waals surface area (Å²) >= 11 is 0. The minimum absolute atomic E-state index is 0.292. The van der Waals surface area contributed by atoms with Crippen molar-refractivity contribution in [3.05, 3.63) is 0 Å². The first-order valence-electron chi connectivity index (χ1n) is 4.19. The third-order valence-electron chi connectivity index (χ3n) is 2.24. The molecule has 0 aromatic heterocycles. The fourth-order valence-electron chi connectivity index (χ4n) is 1.28. The van der Waals surface area contributed by atoms with Crippen LogP contribution in [0.4, 0.5) is 4.39 Å². The summed E-state index contributed by atoms with van der Waals surface area (Å²) in [5, 5.41) is 5.13. The number of hydrogen-bond donors (Lipinski definition) is 0. The molecule has 1 amide bonds. The van der Waals surface area contributed by atoms with Crippen LogP contribution < -0.4 is 0 Å². The molecule has 1 fully saturated rings. The van der Waals surface area contributed by atoms with E-state index in [2.05, 4.69) is 5.10 Å². The predicted octanol–water partition coefficient (Wildman–Crippen LogP) is 0.953. The van der Waals surface area contributed by atoms with E-state index in [4.69, 9.17) is 0 Å². The molecule has 0 saturated heterocycles. The molecule has 0 radical (unpaired) electrons. The zero-order valence-corrected chi connectivity index (χ0v) is 6.96. The lowest BCUT2D eigenvalue weighted by Crippen LogP contribution is -2.29. The number of halogens is 1. The molecule has 12 heavy (non-hydrogen) atoms. The first kappa shape index (κ1) is 7.71. The number of carbonyl (C=O) groups excluding carboxylic acids is 1. The molecule has 2 aliphatic rings. The van der Waals surface area contributed by atoms with Crippen molar-refractivity contribution in [3.8, 4) is 0 Å². The van der Waals surface area contributed by atoms with Crippen LogP contribution in [0.15, 0.2) is 5.10 Å². The van der Waals surface area contributed by atoms with E-state index in [0.29, 0.717) is 18.2 Å². The van der Waals surface area contributed by atoms with Crippen molar-refractivity contribution >= 4 is 11.6 Å². The molecule has 0 N–H and O–H groups in total. The van der Waals surface area contributed by atoms with Crippen LogP contribution in [0.3, 0.4) is 0 Å². The van der Waals surface area contributed by atoms with Crippen LogP contribution in [0.25, 0.3) is 0 Å². The van der Waals surface area contributed by atoms with Gasteiger partial charge in [-0.25, -0.2) is 9.40 Å². The Labute approximate surface area is 70.2 Å². The fraction of sp³-hybridized carbons (Fsp3) is 0.750. The molecule has 1 heterocycles. The van der Waals surface area contributed by atoms with Gasteiger partial charge in [0.15, 0.2) is 0 Å². The maximum atomic E-state index is 12.9. The molecule has 66 valence electrons. The normalized spacial score (nSPS) is 29.5. The van der Waals surface area contributed by atoms with Gasteiger partial charge in [-0.2, -0.15) is 5.10 Å². The summed E-state index contributed by atoms with van der Waals surface area (Å²) in [6.45, 7) is 2.16. The monoisotopic (exact) mass is 170 g/mol. The van der Waals surface area contributed by atoms with Crippen LogP contribution in [0.5, 0.6) is 0 Å². The van der Waals surface area contributed by atoms with Crippen molar-refractivity contribution in [2.75, 3.05) is 6.54 Å². The lowest BCUT2D eigenvalue weighted by molar-refractivity contribution is -0.132. The predicted molar refractivity (Wildman–Crippen MR) is 42.4 cm³/mol. The molecule has 1 aliphatic heterocycles. The van der Waals surface area contributed by atoms with Gasteiger partial charge in [0, 0.05) is 6.54 Å². The Kier molecular flexibility index (Phi) is 1.63. The molecule has 1 aliphatic carbocycles. The minimum Gasteiger partial charge on any atom is -0.269 e. The molecule has 2 rings (SSSR count). The SMILES string of the molecule is CC1=NN(CC2CC2)C(=O)C1F. The molecule has 3 nitrogen and oxygen atoms in total. The topological polar surface area (TPSA) is 32.7 Å². The maximum absolute atomic E-state index is 12.9. The third-order valence-corrected chi connectivity index (χ3v) is 2.24. The van der Waals surface area contributed by atoms with Crippen molar-refractivity contribution in [1.29, 1.82) is 0 Å². The number of hydrogen-bond acceptors (Lipinski definition) is 2. The quantitative estimate of drug-likeness (QED) is 0.607. The number of rotatable bonds is 2. The number of amides is 1. The molecule has 4 heteroatoms. The highest BCUT2D eigenvalue weighted by molar-refractivity contribution is 6.09. The highest BCUT2D eigenvalue weighted by Crippen LogP contribution is 2.31. The van der Waals surface area contributed by atoms with E-state index in [1.54, 1.807) is 6.92 Å². The molecular formula is C8H11FN2O. The van der Waals surface area contributed by atoms with Crippen LogP contribution in [0, 0.1) is 5.92 Å². The Hall–Kier alpha value is -0.930. The van der Waals surface area contributed by atoms with Gasteiger partial charge in [-0.15, -0.1) is 0 Å². The summed E-state index contributed by atoms with van der Waals surface area (Å²) in [7, 11) is 0. The average molecular weight is 170 g/mol. The first-order valence-corrected chi connectivity index (χ1v) is 4.19. The number of alkyl halides is 1. The largest absolute Gasteiger partial charge is 0.283 e. The molecule has 0 bridgehead atoms. The Bertz CT molecular complexity index is 247. The van der Waals surface area contributed by atoms with Gasteiger partial charge in [0.25, 0.3) is 5.91 Å². The molecule has 0 aromatic rings. The van der Waals surface area contributed by atoms with E-state index in [-0.39, 0.29) is 0 Å². The van der Waals surface area contributed by atoms with Crippen molar-refractivity contribution in [2.45, 2.75) is 25.9 Å². The van der Waals surface area contributed by atoms with Crippen molar-refractivity contribution in [2.24, 2.45) is 11.0 Å². The Morgan fingerprint density at radius 1 is 1.67 bits per heavy atom. The van der Waals surface area contributed by atoms with Crippen molar-refractivity contribution < 1.29 is 9.18 Å². The highest BCUT2D eigenvalue weighted by Gasteiger charge is 2.36. The van der Waals surface area contributed by atoms with E-state index in [1.807, 2.05) is 0 Å². The zero-order chi connectivity index (χ0) is 8.72. The van der Waals surface area contributed by atoms with Crippen LogP contribution in [0.2, 0.25) is 0 Å². The summed E-state index contributed by atoms with van der Waals surface area (Å²) in [5.41, 5.74) is 0.292. The van der Waals surface area contributed by atoms with Gasteiger partial charge in [0.2, 0.25) is 6.17 Å². The lowest BCUT2D eigenvalue weighted by Gasteiger charge is -2.09. The zero-order valence-electron chi connectivity index (χ0n) is 6.96. The number of carbonyl (C=O) groups is 1. The van der Waals surface area contributed by atoms with Crippen LogP contribution in [0.1, 0.15) is 19.8 Å². The Morgan fingerprint density at radius 2 is 2.33 bits per heavy atom. The standard InChI is InChI=1S/C8H11FN2O/c1-5-7(9)8(12)11(10-5)4-6-2-3-6/h6-7H,2-4H2,1H3. The lowest BCUT2D eigenvalue weighted by atomic mass is 10.2. The molecular weight excluding hydrogens is 159 g/mol. The van der Waals surface area contributed by atoms with Crippen molar-refractivity contribution in [3.63, 3.8) is 0 Å². The van der Waals surface area contributed by atoms with Crippen LogP contribution >= 0.6 is 0 Å². The summed E-state index contributed by atoms with van der Waals surface area (Å²) < 4.78 is 12.9. The molecule has 0 spiro atoms.